The Hall–Kier alpha value is -2.87. The molecule has 1 aliphatic heterocycles. The highest BCUT2D eigenvalue weighted by molar-refractivity contribution is 6.12. The number of pyridine rings is 1. The van der Waals surface area contributed by atoms with Crippen molar-refractivity contribution in [1.29, 1.82) is 0 Å². The van der Waals surface area contributed by atoms with Crippen LogP contribution in [0.15, 0.2) is 54.6 Å². The summed E-state index contributed by atoms with van der Waals surface area (Å²) < 4.78 is 2.41. The maximum absolute atomic E-state index is 2.42. The molecule has 3 aromatic carbocycles. The summed E-state index contributed by atoms with van der Waals surface area (Å²) in [5.41, 5.74) is 9.52. The zero-order valence-electron chi connectivity index (χ0n) is 17.4. The van der Waals surface area contributed by atoms with Crippen LogP contribution in [0.1, 0.15) is 25.0 Å². The molecule has 1 aromatic heterocycles. The van der Waals surface area contributed by atoms with Gasteiger partial charge in [0.25, 0.3) is 0 Å². The molecule has 0 saturated heterocycles. The first kappa shape index (κ1) is 17.2. The molecule has 0 unspecified atom stereocenters. The molecule has 0 radical (unpaired) electrons. The summed E-state index contributed by atoms with van der Waals surface area (Å²) in [6.07, 6.45) is 1.07. The Bertz CT molecular complexity index is 1250. The number of benzene rings is 3. The fourth-order valence-corrected chi connectivity index (χ4v) is 5.00. The number of hydrogen-bond donors (Lipinski definition) is 0. The van der Waals surface area contributed by atoms with Crippen molar-refractivity contribution in [3.05, 3.63) is 65.7 Å². The smallest absolute Gasteiger partial charge is 0.237 e. The quantitative estimate of drug-likeness (QED) is 0.390. The monoisotopic (exact) mass is 367 g/mol. The number of anilines is 2. The summed E-state index contributed by atoms with van der Waals surface area (Å²) in [4.78, 5) is 2.42. The van der Waals surface area contributed by atoms with Crippen LogP contribution < -0.4 is 9.47 Å². The highest BCUT2D eigenvalue weighted by Crippen LogP contribution is 2.49. The predicted molar refractivity (Wildman–Crippen MR) is 119 cm³/mol. The molecule has 140 valence electrons. The summed E-state index contributed by atoms with van der Waals surface area (Å²) in [6, 6.07) is 20.1. The van der Waals surface area contributed by atoms with Crippen molar-refractivity contribution in [2.45, 2.75) is 27.2 Å². The molecule has 2 heterocycles. The molecule has 0 bridgehead atoms. The van der Waals surface area contributed by atoms with Gasteiger partial charge in [-0.2, -0.15) is 4.57 Å². The molecule has 1 aliphatic rings. The van der Waals surface area contributed by atoms with Gasteiger partial charge in [0.2, 0.25) is 11.2 Å². The van der Waals surface area contributed by atoms with Gasteiger partial charge in [-0.1, -0.05) is 50.2 Å². The average molecular weight is 368 g/mol. The molecule has 0 aliphatic carbocycles. The highest BCUT2D eigenvalue weighted by Gasteiger charge is 2.34. The normalized spacial score (nSPS) is 12.9. The van der Waals surface area contributed by atoms with Crippen LogP contribution in [0.5, 0.6) is 0 Å². The SMILES string of the molecule is Cc1ccc2cccc3c2c1-c1c(c(CC(C)C)c2ccccc2[n+]1C)N3C. The van der Waals surface area contributed by atoms with Crippen LogP contribution in [0.4, 0.5) is 11.4 Å². The lowest BCUT2D eigenvalue weighted by Gasteiger charge is -2.32. The van der Waals surface area contributed by atoms with Gasteiger partial charge in [0.1, 0.15) is 12.7 Å². The number of nitrogens with zero attached hydrogens (tertiary/aromatic N) is 2. The third kappa shape index (κ3) is 2.24. The van der Waals surface area contributed by atoms with Crippen LogP contribution in [-0.4, -0.2) is 7.05 Å². The summed E-state index contributed by atoms with van der Waals surface area (Å²) in [7, 11) is 4.46. The zero-order chi connectivity index (χ0) is 19.6. The van der Waals surface area contributed by atoms with E-state index in [0.717, 1.165) is 6.42 Å². The fourth-order valence-electron chi connectivity index (χ4n) is 5.00. The van der Waals surface area contributed by atoms with Crippen molar-refractivity contribution in [1.82, 2.24) is 0 Å². The molecule has 0 saturated carbocycles. The molecule has 0 amide bonds. The first-order chi connectivity index (χ1) is 13.5. The number of aryl methyl sites for hydroxylation is 2. The van der Waals surface area contributed by atoms with E-state index >= 15 is 0 Å². The third-order valence-corrected chi connectivity index (χ3v) is 6.21. The van der Waals surface area contributed by atoms with Crippen molar-refractivity contribution in [3.8, 4) is 11.3 Å². The van der Waals surface area contributed by atoms with Gasteiger partial charge >= 0.3 is 0 Å². The largest absolute Gasteiger partial charge is 0.338 e. The van der Waals surface area contributed by atoms with Crippen LogP contribution in [0, 0.1) is 12.8 Å². The van der Waals surface area contributed by atoms with E-state index in [2.05, 4.69) is 98.9 Å². The van der Waals surface area contributed by atoms with Gasteiger partial charge in [0.05, 0.1) is 10.9 Å². The van der Waals surface area contributed by atoms with Crippen LogP contribution in [0.3, 0.4) is 0 Å². The van der Waals surface area contributed by atoms with Crippen molar-refractivity contribution in [2.75, 3.05) is 11.9 Å². The Morgan fingerprint density at radius 3 is 2.54 bits per heavy atom. The number of fused-ring (bicyclic) bond motifs is 3. The molecule has 2 heteroatoms. The molecular formula is C26H27N2+. The number of hydrogen-bond acceptors (Lipinski definition) is 1. The van der Waals surface area contributed by atoms with E-state index in [0.29, 0.717) is 5.92 Å². The third-order valence-electron chi connectivity index (χ3n) is 6.21. The number of rotatable bonds is 2. The van der Waals surface area contributed by atoms with Gasteiger partial charge < -0.3 is 4.90 Å². The summed E-state index contributed by atoms with van der Waals surface area (Å²) >= 11 is 0. The first-order valence-corrected chi connectivity index (χ1v) is 10.2. The molecule has 0 fully saturated rings. The second kappa shape index (κ2) is 6.07. The van der Waals surface area contributed by atoms with Gasteiger partial charge in [0, 0.05) is 24.2 Å². The molecule has 0 spiro atoms. The average Bonchev–Trinajstić information content (AvgIpc) is 2.69. The van der Waals surface area contributed by atoms with Crippen LogP contribution in [0.25, 0.3) is 32.9 Å². The van der Waals surface area contributed by atoms with E-state index in [1.165, 1.54) is 55.4 Å². The van der Waals surface area contributed by atoms with Crippen molar-refractivity contribution >= 4 is 33.1 Å². The molecule has 0 atom stereocenters. The molecular weight excluding hydrogens is 340 g/mol. The lowest BCUT2D eigenvalue weighted by Crippen LogP contribution is -2.37. The Balaban J connectivity index is 2.04. The first-order valence-electron chi connectivity index (χ1n) is 10.2. The van der Waals surface area contributed by atoms with E-state index in [4.69, 9.17) is 0 Å². The molecule has 28 heavy (non-hydrogen) atoms. The van der Waals surface area contributed by atoms with Gasteiger partial charge in [-0.25, -0.2) is 0 Å². The second-order valence-electron chi connectivity index (χ2n) is 8.54. The standard InChI is InChI=1S/C26H27N2/c1-16(2)15-20-19-10-6-7-11-21(19)27(4)26-23-17(3)13-14-18-9-8-12-22(24(18)23)28(5)25(20)26/h6-14,16H,15H2,1-5H3/q+1. The maximum Gasteiger partial charge on any atom is 0.237 e. The minimum Gasteiger partial charge on any atom is -0.338 e. The molecule has 5 rings (SSSR count). The minimum absolute atomic E-state index is 0.600. The maximum atomic E-state index is 2.42. The van der Waals surface area contributed by atoms with Crippen LogP contribution >= 0.6 is 0 Å². The minimum atomic E-state index is 0.600. The summed E-state index contributed by atoms with van der Waals surface area (Å²) in [5, 5.41) is 4.06. The Kier molecular flexibility index (Phi) is 3.74. The Labute approximate surface area is 167 Å². The zero-order valence-corrected chi connectivity index (χ0v) is 17.4. The summed E-state index contributed by atoms with van der Waals surface area (Å²) in [6.45, 7) is 6.88. The van der Waals surface area contributed by atoms with E-state index in [1.807, 2.05) is 0 Å². The lowest BCUT2D eigenvalue weighted by atomic mass is 9.87. The van der Waals surface area contributed by atoms with E-state index in [-0.39, 0.29) is 0 Å². The van der Waals surface area contributed by atoms with E-state index in [9.17, 15) is 0 Å². The molecule has 4 aromatic rings. The Morgan fingerprint density at radius 2 is 1.75 bits per heavy atom. The van der Waals surface area contributed by atoms with Gasteiger partial charge in [0.15, 0.2) is 0 Å². The number of aromatic nitrogens is 1. The van der Waals surface area contributed by atoms with Gasteiger partial charge in [-0.3, -0.25) is 0 Å². The van der Waals surface area contributed by atoms with Crippen LogP contribution in [-0.2, 0) is 13.5 Å². The predicted octanol–water partition coefficient (Wildman–Crippen LogP) is 6.07. The number of para-hydroxylation sites is 1. The topological polar surface area (TPSA) is 7.12 Å². The van der Waals surface area contributed by atoms with Crippen LogP contribution in [0.2, 0.25) is 0 Å². The molecule has 2 nitrogen and oxygen atoms in total. The van der Waals surface area contributed by atoms with Crippen molar-refractivity contribution in [2.24, 2.45) is 13.0 Å². The molecule has 0 N–H and O–H groups in total. The lowest BCUT2D eigenvalue weighted by molar-refractivity contribution is -0.633. The van der Waals surface area contributed by atoms with E-state index < -0.39 is 0 Å². The van der Waals surface area contributed by atoms with Gasteiger partial charge in [-0.05, 0) is 47.9 Å². The fraction of sp³-hybridized carbons (Fsp3) is 0.269. The Morgan fingerprint density at radius 1 is 0.964 bits per heavy atom. The summed E-state index contributed by atoms with van der Waals surface area (Å²) in [5.74, 6) is 0.600. The van der Waals surface area contributed by atoms with Crippen molar-refractivity contribution in [3.63, 3.8) is 0 Å². The van der Waals surface area contributed by atoms with E-state index in [1.54, 1.807) is 0 Å². The van der Waals surface area contributed by atoms with Gasteiger partial charge in [-0.15, -0.1) is 0 Å². The van der Waals surface area contributed by atoms with Crippen molar-refractivity contribution < 1.29 is 4.57 Å². The highest BCUT2D eigenvalue weighted by atomic mass is 15.1. The second-order valence-corrected chi connectivity index (χ2v) is 8.54.